The minimum atomic E-state index is -0.157. The van der Waals surface area contributed by atoms with Crippen LogP contribution >= 0.6 is 0 Å². The fourth-order valence-corrected chi connectivity index (χ4v) is 6.77. The smallest absolute Gasteiger partial charge is 0.252 e. The van der Waals surface area contributed by atoms with E-state index in [4.69, 9.17) is 4.74 Å². The zero-order valence-corrected chi connectivity index (χ0v) is 16.7. The maximum Gasteiger partial charge on any atom is 0.252 e. The van der Waals surface area contributed by atoms with E-state index in [9.17, 15) is 9.59 Å². The van der Waals surface area contributed by atoms with E-state index in [1.807, 2.05) is 17.0 Å². The van der Waals surface area contributed by atoms with Crippen molar-refractivity contribution in [1.82, 2.24) is 0 Å². The minimum Gasteiger partial charge on any atom is -0.375 e. The number of hydrogen-bond donors (Lipinski definition) is 1. The van der Waals surface area contributed by atoms with E-state index in [-0.39, 0.29) is 23.8 Å². The average molecular weight is 383 g/mol. The van der Waals surface area contributed by atoms with Crippen molar-refractivity contribution in [3.8, 4) is 0 Å². The van der Waals surface area contributed by atoms with Gasteiger partial charge in [0, 0.05) is 25.0 Å². The first-order valence-electron chi connectivity index (χ1n) is 10.8. The zero-order valence-electron chi connectivity index (χ0n) is 16.7. The number of methoxy groups -OCH3 is 1. The molecule has 2 amide bonds. The summed E-state index contributed by atoms with van der Waals surface area (Å²) >= 11 is 0. The van der Waals surface area contributed by atoms with E-state index in [2.05, 4.69) is 11.4 Å². The molecule has 1 aromatic rings. The fraction of sp³-hybridized carbons (Fsp3) is 0.652. The molecule has 5 nitrogen and oxygen atoms in total. The van der Waals surface area contributed by atoms with Crippen molar-refractivity contribution in [1.29, 1.82) is 0 Å². The topological polar surface area (TPSA) is 58.6 Å². The van der Waals surface area contributed by atoms with E-state index < -0.39 is 0 Å². The summed E-state index contributed by atoms with van der Waals surface area (Å²) < 4.78 is 5.04. The lowest BCUT2D eigenvalue weighted by atomic mass is 9.49. The summed E-state index contributed by atoms with van der Waals surface area (Å²) in [6.45, 7) is 0.797. The largest absolute Gasteiger partial charge is 0.375 e. The Hall–Kier alpha value is -1.88. The molecule has 0 radical (unpaired) electrons. The number of hydrogen-bond acceptors (Lipinski definition) is 3. The molecule has 1 aromatic carbocycles. The molecule has 0 aromatic heterocycles. The van der Waals surface area contributed by atoms with Gasteiger partial charge in [-0.3, -0.25) is 9.59 Å². The SMILES string of the molecule is COCC(=O)N1CCCc2ccc(NC(=O)C34CC5CC(CC(C5)C3)C4)cc21. The number of benzene rings is 1. The van der Waals surface area contributed by atoms with Gasteiger partial charge in [0.1, 0.15) is 6.61 Å². The Balaban J connectivity index is 1.37. The molecule has 5 aliphatic rings. The minimum absolute atomic E-state index is 0.0204. The fourth-order valence-electron chi connectivity index (χ4n) is 6.77. The molecule has 4 fully saturated rings. The molecule has 0 unspecified atom stereocenters. The van der Waals surface area contributed by atoms with Crippen molar-refractivity contribution in [2.75, 3.05) is 30.5 Å². The van der Waals surface area contributed by atoms with Crippen LogP contribution in [0.1, 0.15) is 50.5 Å². The number of nitrogens with one attached hydrogen (secondary N) is 1. The highest BCUT2D eigenvalue weighted by atomic mass is 16.5. The van der Waals surface area contributed by atoms with Gasteiger partial charge in [0.05, 0.1) is 5.41 Å². The monoisotopic (exact) mass is 382 g/mol. The van der Waals surface area contributed by atoms with E-state index in [0.29, 0.717) is 6.54 Å². The molecule has 0 spiro atoms. The van der Waals surface area contributed by atoms with Gasteiger partial charge in [0.25, 0.3) is 5.91 Å². The van der Waals surface area contributed by atoms with Crippen LogP contribution in [0.3, 0.4) is 0 Å². The number of ether oxygens (including phenoxy) is 1. The first-order chi connectivity index (χ1) is 13.6. The quantitative estimate of drug-likeness (QED) is 0.862. The number of carbonyl (C=O) groups excluding carboxylic acids is 2. The molecule has 150 valence electrons. The van der Waals surface area contributed by atoms with Gasteiger partial charge in [-0.25, -0.2) is 0 Å². The second-order valence-electron chi connectivity index (χ2n) is 9.58. The van der Waals surface area contributed by atoms with E-state index in [1.165, 1.54) is 24.8 Å². The second-order valence-corrected chi connectivity index (χ2v) is 9.58. The lowest BCUT2D eigenvalue weighted by molar-refractivity contribution is -0.140. The maximum absolute atomic E-state index is 13.3. The van der Waals surface area contributed by atoms with Gasteiger partial charge in [-0.15, -0.1) is 0 Å². The van der Waals surface area contributed by atoms with Crippen LogP contribution in [0.4, 0.5) is 11.4 Å². The Kier molecular flexibility index (Phi) is 4.46. The average Bonchev–Trinajstić information content (AvgIpc) is 2.66. The zero-order chi connectivity index (χ0) is 19.3. The third-order valence-electron chi connectivity index (χ3n) is 7.55. The van der Waals surface area contributed by atoms with Crippen molar-refractivity contribution in [3.63, 3.8) is 0 Å². The van der Waals surface area contributed by atoms with Crippen LogP contribution < -0.4 is 10.2 Å². The molecular formula is C23H30N2O3. The second kappa shape index (κ2) is 6.87. The molecule has 4 bridgehead atoms. The van der Waals surface area contributed by atoms with Crippen molar-refractivity contribution in [2.24, 2.45) is 23.2 Å². The van der Waals surface area contributed by atoms with Gasteiger partial charge in [-0.05, 0) is 86.8 Å². The first kappa shape index (κ1) is 18.2. The third kappa shape index (κ3) is 3.04. The number of aryl methyl sites for hydroxylation is 1. The molecule has 28 heavy (non-hydrogen) atoms. The first-order valence-corrected chi connectivity index (χ1v) is 10.8. The van der Waals surface area contributed by atoms with Gasteiger partial charge >= 0.3 is 0 Å². The highest BCUT2D eigenvalue weighted by Crippen LogP contribution is 2.60. The molecule has 5 heteroatoms. The van der Waals surface area contributed by atoms with E-state index >= 15 is 0 Å². The van der Waals surface area contributed by atoms with Crippen molar-refractivity contribution in [3.05, 3.63) is 23.8 Å². The van der Waals surface area contributed by atoms with Gasteiger partial charge in [0.15, 0.2) is 0 Å². The van der Waals surface area contributed by atoms with Crippen LogP contribution in [0, 0.1) is 23.2 Å². The summed E-state index contributed by atoms with van der Waals surface area (Å²) in [5, 5.41) is 3.23. The summed E-state index contributed by atoms with van der Waals surface area (Å²) in [7, 11) is 1.55. The Labute approximate surface area is 166 Å². The van der Waals surface area contributed by atoms with Crippen LogP contribution in [-0.2, 0) is 20.7 Å². The standard InChI is InChI=1S/C23H30N2O3/c1-28-14-21(26)25-6-2-3-18-4-5-19(10-20(18)25)24-22(27)23-11-15-7-16(12-23)9-17(8-15)13-23/h4-5,10,15-17H,2-3,6-9,11-14H2,1H3,(H,24,27). The molecule has 1 N–H and O–H groups in total. The van der Waals surface area contributed by atoms with Gasteiger partial charge in [-0.2, -0.15) is 0 Å². The highest BCUT2D eigenvalue weighted by Gasteiger charge is 2.54. The van der Waals surface area contributed by atoms with Crippen LogP contribution in [0.5, 0.6) is 0 Å². The lowest BCUT2D eigenvalue weighted by Crippen LogP contribution is -2.51. The van der Waals surface area contributed by atoms with Crippen LogP contribution in [-0.4, -0.2) is 32.1 Å². The van der Waals surface area contributed by atoms with Crippen LogP contribution in [0.25, 0.3) is 0 Å². The number of fused-ring (bicyclic) bond motifs is 1. The summed E-state index contributed by atoms with van der Waals surface area (Å²) in [5.74, 6) is 2.44. The van der Waals surface area contributed by atoms with E-state index in [0.717, 1.165) is 61.2 Å². The molecule has 1 heterocycles. The van der Waals surface area contributed by atoms with Gasteiger partial charge in [-0.1, -0.05) is 6.07 Å². The van der Waals surface area contributed by atoms with Crippen molar-refractivity contribution in [2.45, 2.75) is 51.4 Å². The summed E-state index contributed by atoms with van der Waals surface area (Å²) in [4.78, 5) is 27.6. The number of nitrogens with zero attached hydrogens (tertiary/aromatic N) is 1. The summed E-state index contributed by atoms with van der Waals surface area (Å²) in [6.07, 6.45) is 9.12. The number of carbonyl (C=O) groups is 2. The van der Waals surface area contributed by atoms with Gasteiger partial charge < -0.3 is 15.0 Å². The summed E-state index contributed by atoms with van der Waals surface area (Å²) in [6, 6.07) is 6.05. The maximum atomic E-state index is 13.3. The molecule has 4 aliphatic carbocycles. The molecule has 1 aliphatic heterocycles. The van der Waals surface area contributed by atoms with Crippen molar-refractivity contribution >= 4 is 23.2 Å². The predicted molar refractivity (Wildman–Crippen MR) is 108 cm³/mol. The van der Waals surface area contributed by atoms with Gasteiger partial charge in [0.2, 0.25) is 5.91 Å². The Morgan fingerprint density at radius 3 is 2.46 bits per heavy atom. The predicted octanol–water partition coefficient (Wildman–Crippen LogP) is 3.77. The lowest BCUT2D eigenvalue weighted by Gasteiger charge is -2.55. The summed E-state index contributed by atoms with van der Waals surface area (Å²) in [5.41, 5.74) is 2.76. The third-order valence-corrected chi connectivity index (χ3v) is 7.55. The van der Waals surface area contributed by atoms with Crippen LogP contribution in [0.15, 0.2) is 18.2 Å². The number of rotatable bonds is 4. The van der Waals surface area contributed by atoms with E-state index in [1.54, 1.807) is 7.11 Å². The van der Waals surface area contributed by atoms with Crippen molar-refractivity contribution < 1.29 is 14.3 Å². The Bertz CT molecular complexity index is 768. The molecule has 6 rings (SSSR count). The number of anilines is 2. The normalized spacial score (nSPS) is 32.9. The highest BCUT2D eigenvalue weighted by molar-refractivity contribution is 5.99. The molecule has 0 atom stereocenters. The molecule has 4 saturated carbocycles. The number of amides is 2. The molecule has 0 saturated heterocycles. The Morgan fingerprint density at radius 1 is 1.14 bits per heavy atom. The molecular weight excluding hydrogens is 352 g/mol. The Morgan fingerprint density at radius 2 is 1.82 bits per heavy atom. The van der Waals surface area contributed by atoms with Crippen LogP contribution in [0.2, 0.25) is 0 Å².